The Labute approximate surface area is 163 Å². The second-order valence-corrected chi connectivity index (χ2v) is 7.85. The quantitative estimate of drug-likeness (QED) is 0.510. The molecule has 1 fully saturated rings. The highest BCUT2D eigenvalue weighted by Crippen LogP contribution is 2.37. The number of pyridine rings is 1. The second kappa shape index (κ2) is 6.50. The predicted octanol–water partition coefficient (Wildman–Crippen LogP) is 3.07. The summed E-state index contributed by atoms with van der Waals surface area (Å²) in [5.74, 6) is 0.174. The van der Waals surface area contributed by atoms with Gasteiger partial charge in [0, 0.05) is 23.4 Å². The number of ether oxygens (including phenoxy) is 1. The Morgan fingerprint density at radius 2 is 1.93 bits per heavy atom. The molecule has 4 rings (SSSR count). The first kappa shape index (κ1) is 18.8. The van der Waals surface area contributed by atoms with Crippen molar-refractivity contribution in [2.24, 2.45) is 0 Å². The molecule has 0 aromatic carbocycles. The maximum atomic E-state index is 11.9. The molecule has 1 aliphatic rings. The van der Waals surface area contributed by atoms with E-state index in [4.69, 9.17) is 18.5 Å². The van der Waals surface area contributed by atoms with Crippen molar-refractivity contribution in [1.29, 1.82) is 0 Å². The molecule has 7 nitrogen and oxygen atoms in total. The number of rotatable bonds is 4. The van der Waals surface area contributed by atoms with Crippen molar-refractivity contribution >= 4 is 24.1 Å². The van der Waals surface area contributed by atoms with Crippen LogP contribution in [-0.4, -0.2) is 40.5 Å². The molecule has 3 aromatic rings. The summed E-state index contributed by atoms with van der Waals surface area (Å²) in [7, 11) is -0.510. The van der Waals surface area contributed by atoms with Gasteiger partial charge in [0.15, 0.2) is 0 Å². The van der Waals surface area contributed by atoms with Gasteiger partial charge in [-0.1, -0.05) is 0 Å². The summed E-state index contributed by atoms with van der Waals surface area (Å²) >= 11 is 0. The van der Waals surface area contributed by atoms with E-state index in [0.717, 1.165) is 16.5 Å². The van der Waals surface area contributed by atoms with Crippen molar-refractivity contribution in [3.63, 3.8) is 0 Å². The predicted molar refractivity (Wildman–Crippen MR) is 105 cm³/mol. The van der Waals surface area contributed by atoms with Crippen LogP contribution in [0.2, 0.25) is 0 Å². The van der Waals surface area contributed by atoms with Gasteiger partial charge in [0.05, 0.1) is 28.9 Å². The van der Waals surface area contributed by atoms with Crippen LogP contribution >= 0.6 is 0 Å². The van der Waals surface area contributed by atoms with E-state index in [0.29, 0.717) is 17.9 Å². The molecule has 0 atom stereocenters. The largest absolute Gasteiger partial charge is 0.498 e. The summed E-state index contributed by atoms with van der Waals surface area (Å²) in [6.45, 7) is 10.2. The first-order valence-electron chi connectivity index (χ1n) is 9.31. The first-order chi connectivity index (χ1) is 13.2. The van der Waals surface area contributed by atoms with E-state index in [1.165, 1.54) is 6.26 Å². The van der Waals surface area contributed by atoms with Gasteiger partial charge in [-0.25, -0.2) is 9.31 Å². The lowest BCUT2D eigenvalue weighted by Crippen LogP contribution is -2.41. The molecule has 4 heterocycles. The fourth-order valence-corrected chi connectivity index (χ4v) is 3.11. The van der Waals surface area contributed by atoms with Gasteiger partial charge >= 0.3 is 13.1 Å². The topological polar surface area (TPSA) is 75.2 Å². The highest BCUT2D eigenvalue weighted by molar-refractivity contribution is 6.64. The molecule has 146 valence electrons. The summed E-state index contributed by atoms with van der Waals surface area (Å²) in [5.41, 5.74) is 2.04. The number of fused-ring (bicyclic) bond motifs is 1. The molecule has 0 aliphatic carbocycles. The van der Waals surface area contributed by atoms with Crippen LogP contribution in [0.15, 0.2) is 41.3 Å². The number of hydrogen-bond donors (Lipinski definition) is 0. The smallest absolute Gasteiger partial charge is 0.463 e. The SMILES string of the molecule is CCOC(=O)c1coc(-c2ccn3ncc(B4OC(C)(C)C(C)(C)O4)c3c2)c1. The van der Waals surface area contributed by atoms with Crippen LogP contribution in [0.1, 0.15) is 45.0 Å². The molecule has 0 saturated carbocycles. The molecule has 0 spiro atoms. The van der Waals surface area contributed by atoms with Gasteiger partial charge in [-0.2, -0.15) is 5.10 Å². The van der Waals surface area contributed by atoms with E-state index in [1.54, 1.807) is 23.7 Å². The summed E-state index contributed by atoms with van der Waals surface area (Å²) in [4.78, 5) is 11.9. The Balaban J connectivity index is 1.69. The maximum absolute atomic E-state index is 11.9. The van der Waals surface area contributed by atoms with Crippen molar-refractivity contribution in [1.82, 2.24) is 9.61 Å². The number of carbonyl (C=O) groups excluding carboxylic acids is 1. The molecule has 3 aromatic heterocycles. The normalized spacial score (nSPS) is 18.0. The zero-order valence-corrected chi connectivity index (χ0v) is 16.7. The summed E-state index contributed by atoms with van der Waals surface area (Å²) in [6, 6.07) is 5.50. The average molecular weight is 382 g/mol. The lowest BCUT2D eigenvalue weighted by atomic mass is 9.80. The fraction of sp³-hybridized carbons (Fsp3) is 0.400. The molecule has 0 N–H and O–H groups in total. The van der Waals surface area contributed by atoms with E-state index in [1.807, 2.05) is 46.0 Å². The molecular weight excluding hydrogens is 359 g/mol. The van der Waals surface area contributed by atoms with Crippen LogP contribution in [0.25, 0.3) is 16.8 Å². The molecule has 28 heavy (non-hydrogen) atoms. The maximum Gasteiger partial charge on any atom is 0.498 e. The lowest BCUT2D eigenvalue weighted by molar-refractivity contribution is 0.00578. The van der Waals surface area contributed by atoms with Crippen LogP contribution in [-0.2, 0) is 14.0 Å². The monoisotopic (exact) mass is 382 g/mol. The Bertz CT molecular complexity index is 1020. The van der Waals surface area contributed by atoms with Gasteiger partial charge in [0.25, 0.3) is 0 Å². The first-order valence-corrected chi connectivity index (χ1v) is 9.31. The van der Waals surface area contributed by atoms with Gasteiger partial charge in [-0.05, 0) is 52.8 Å². The molecular formula is C20H23BN2O5. The second-order valence-electron chi connectivity index (χ2n) is 7.85. The van der Waals surface area contributed by atoms with E-state index in [9.17, 15) is 4.79 Å². The van der Waals surface area contributed by atoms with E-state index in [2.05, 4.69) is 5.10 Å². The van der Waals surface area contributed by atoms with Gasteiger partial charge in [-0.3, -0.25) is 0 Å². The lowest BCUT2D eigenvalue weighted by Gasteiger charge is -2.32. The average Bonchev–Trinajstić information content (AvgIpc) is 3.31. The van der Waals surface area contributed by atoms with Gasteiger partial charge < -0.3 is 18.5 Å². The third-order valence-electron chi connectivity index (χ3n) is 5.45. The zero-order chi connectivity index (χ0) is 20.1. The number of aromatic nitrogens is 2. The third-order valence-corrected chi connectivity index (χ3v) is 5.45. The van der Waals surface area contributed by atoms with Gasteiger partial charge in [0.1, 0.15) is 12.0 Å². The Morgan fingerprint density at radius 3 is 2.61 bits per heavy atom. The van der Waals surface area contributed by atoms with Crippen LogP contribution in [0, 0.1) is 0 Å². The highest BCUT2D eigenvalue weighted by atomic mass is 16.7. The minimum Gasteiger partial charge on any atom is -0.463 e. The molecule has 0 bridgehead atoms. The number of hydrogen-bond acceptors (Lipinski definition) is 6. The number of nitrogens with zero attached hydrogens (tertiary/aromatic N) is 2. The van der Waals surface area contributed by atoms with E-state index in [-0.39, 0.29) is 0 Å². The number of furan rings is 1. The molecule has 0 unspecified atom stereocenters. The Kier molecular flexibility index (Phi) is 4.35. The standard InChI is InChI=1S/C20H23BN2O5/c1-6-25-18(24)14-10-17(26-12-14)13-7-8-23-16(9-13)15(11-22-23)21-27-19(2,3)20(4,5)28-21/h7-12H,6H2,1-5H3. The zero-order valence-electron chi connectivity index (χ0n) is 16.7. The number of esters is 1. The third kappa shape index (κ3) is 3.02. The molecule has 1 aliphatic heterocycles. The molecule has 0 amide bonds. The van der Waals surface area contributed by atoms with Crippen molar-refractivity contribution in [3.05, 3.63) is 42.4 Å². The van der Waals surface area contributed by atoms with Crippen molar-refractivity contribution in [3.8, 4) is 11.3 Å². The van der Waals surface area contributed by atoms with Gasteiger partial charge in [-0.15, -0.1) is 0 Å². The Morgan fingerprint density at radius 1 is 1.21 bits per heavy atom. The van der Waals surface area contributed by atoms with E-state index < -0.39 is 24.3 Å². The highest BCUT2D eigenvalue weighted by Gasteiger charge is 2.52. The minimum atomic E-state index is -0.510. The van der Waals surface area contributed by atoms with Crippen LogP contribution in [0.4, 0.5) is 0 Å². The Hall–Kier alpha value is -2.58. The van der Waals surface area contributed by atoms with Crippen molar-refractivity contribution in [2.45, 2.75) is 45.8 Å². The van der Waals surface area contributed by atoms with E-state index >= 15 is 0 Å². The molecule has 0 radical (unpaired) electrons. The van der Waals surface area contributed by atoms with Gasteiger partial charge in [0.2, 0.25) is 0 Å². The van der Waals surface area contributed by atoms with Crippen LogP contribution in [0.3, 0.4) is 0 Å². The van der Waals surface area contributed by atoms with Crippen LogP contribution in [0.5, 0.6) is 0 Å². The van der Waals surface area contributed by atoms with Crippen molar-refractivity contribution in [2.75, 3.05) is 6.61 Å². The fourth-order valence-electron chi connectivity index (χ4n) is 3.11. The van der Waals surface area contributed by atoms with Crippen LogP contribution < -0.4 is 5.46 Å². The summed E-state index contributed by atoms with van der Waals surface area (Å²) in [5, 5.41) is 4.40. The summed E-state index contributed by atoms with van der Waals surface area (Å²) < 4.78 is 24.7. The number of carbonyl (C=O) groups is 1. The van der Waals surface area contributed by atoms with Crippen molar-refractivity contribution < 1.29 is 23.3 Å². The summed E-state index contributed by atoms with van der Waals surface area (Å²) in [6.07, 6.45) is 5.00. The molecule has 1 saturated heterocycles. The molecule has 8 heteroatoms. The minimum absolute atomic E-state index is 0.318.